The lowest BCUT2D eigenvalue weighted by Gasteiger charge is -2.26. The smallest absolute Gasteiger partial charge is 0.161 e. The first-order valence-corrected chi connectivity index (χ1v) is 4.97. The predicted molar refractivity (Wildman–Crippen MR) is 54.8 cm³/mol. The zero-order valence-corrected chi connectivity index (χ0v) is 9.55. The molecule has 0 aromatic carbocycles. The molecule has 0 saturated carbocycles. The van der Waals surface area contributed by atoms with E-state index in [4.69, 9.17) is 5.73 Å². The van der Waals surface area contributed by atoms with Crippen LogP contribution in [-0.4, -0.2) is 10.1 Å². The van der Waals surface area contributed by atoms with E-state index in [1.807, 2.05) is 0 Å². The monoisotopic (exact) mass is 262 g/mol. The van der Waals surface area contributed by atoms with Gasteiger partial charge in [0.1, 0.15) is 11.5 Å². The molecule has 0 radical (unpaired) electrons. The van der Waals surface area contributed by atoms with Crippen LogP contribution in [-0.2, 0) is 5.72 Å². The number of hydrogen-bond donors (Lipinski definition) is 2. The first kappa shape index (κ1) is 11.6. The molecule has 1 aromatic rings. The van der Waals surface area contributed by atoms with E-state index in [0.29, 0.717) is 4.47 Å². The van der Waals surface area contributed by atoms with Gasteiger partial charge >= 0.3 is 0 Å². The molecular formula is C9H12BrFN2O. The van der Waals surface area contributed by atoms with E-state index in [0.717, 1.165) is 0 Å². The molecule has 1 rings (SSSR count). The third-order valence-electron chi connectivity index (χ3n) is 2.07. The highest BCUT2D eigenvalue weighted by atomic mass is 79.9. The number of rotatable bonds is 2. The Balaban J connectivity index is 3.19. The summed E-state index contributed by atoms with van der Waals surface area (Å²) in [6.45, 7) is 3.40. The van der Waals surface area contributed by atoms with E-state index >= 15 is 0 Å². The summed E-state index contributed by atoms with van der Waals surface area (Å²) >= 11 is 3.08. The van der Waals surface area contributed by atoms with Gasteiger partial charge < -0.3 is 5.11 Å². The molecule has 0 aliphatic rings. The SMILES string of the molecule is CC(C)C(N)(O)c1ncc(Br)cc1F. The van der Waals surface area contributed by atoms with Crippen molar-refractivity contribution in [3.63, 3.8) is 0 Å². The van der Waals surface area contributed by atoms with Crippen molar-refractivity contribution in [3.05, 3.63) is 28.2 Å². The Morgan fingerprint density at radius 1 is 1.64 bits per heavy atom. The molecule has 0 bridgehead atoms. The van der Waals surface area contributed by atoms with Gasteiger partial charge in [0, 0.05) is 16.6 Å². The second-order valence-electron chi connectivity index (χ2n) is 3.46. The molecule has 0 aliphatic heterocycles. The van der Waals surface area contributed by atoms with E-state index in [2.05, 4.69) is 20.9 Å². The highest BCUT2D eigenvalue weighted by Crippen LogP contribution is 2.25. The van der Waals surface area contributed by atoms with Gasteiger partial charge in [0.2, 0.25) is 0 Å². The largest absolute Gasteiger partial charge is 0.370 e. The van der Waals surface area contributed by atoms with Gasteiger partial charge in [-0.05, 0) is 22.0 Å². The van der Waals surface area contributed by atoms with E-state index in [9.17, 15) is 9.50 Å². The van der Waals surface area contributed by atoms with Gasteiger partial charge in [-0.1, -0.05) is 13.8 Å². The zero-order chi connectivity index (χ0) is 10.9. The fourth-order valence-electron chi connectivity index (χ4n) is 0.983. The average molecular weight is 263 g/mol. The van der Waals surface area contributed by atoms with Crippen molar-refractivity contribution in [1.82, 2.24) is 4.98 Å². The van der Waals surface area contributed by atoms with Crippen LogP contribution in [0.5, 0.6) is 0 Å². The number of pyridine rings is 1. The summed E-state index contributed by atoms with van der Waals surface area (Å²) < 4.78 is 13.9. The molecule has 14 heavy (non-hydrogen) atoms. The van der Waals surface area contributed by atoms with Gasteiger partial charge in [-0.3, -0.25) is 10.7 Å². The van der Waals surface area contributed by atoms with Gasteiger partial charge in [-0.25, -0.2) is 4.39 Å². The second kappa shape index (κ2) is 3.92. The van der Waals surface area contributed by atoms with Gasteiger partial charge in [-0.15, -0.1) is 0 Å². The Bertz CT molecular complexity index is 342. The maximum atomic E-state index is 13.4. The Kier molecular flexibility index (Phi) is 3.24. The van der Waals surface area contributed by atoms with Crippen LogP contribution < -0.4 is 5.73 Å². The van der Waals surface area contributed by atoms with Crippen molar-refractivity contribution in [2.45, 2.75) is 19.6 Å². The number of aromatic nitrogens is 1. The van der Waals surface area contributed by atoms with Gasteiger partial charge in [0.05, 0.1) is 0 Å². The molecule has 3 nitrogen and oxygen atoms in total. The molecule has 1 unspecified atom stereocenters. The number of nitrogens with zero attached hydrogens (tertiary/aromatic N) is 1. The van der Waals surface area contributed by atoms with Gasteiger partial charge in [0.25, 0.3) is 0 Å². The minimum absolute atomic E-state index is 0.129. The van der Waals surface area contributed by atoms with Crippen LogP contribution in [0.3, 0.4) is 0 Å². The van der Waals surface area contributed by atoms with E-state index in [1.165, 1.54) is 12.3 Å². The number of nitrogens with two attached hydrogens (primary N) is 1. The Labute approximate surface area is 90.3 Å². The van der Waals surface area contributed by atoms with Crippen LogP contribution in [0, 0.1) is 11.7 Å². The zero-order valence-electron chi connectivity index (χ0n) is 7.96. The Morgan fingerprint density at radius 3 is 2.64 bits per heavy atom. The summed E-state index contributed by atoms with van der Waals surface area (Å²) in [5, 5.41) is 9.79. The van der Waals surface area contributed by atoms with Crippen LogP contribution in [0.1, 0.15) is 19.5 Å². The molecular weight excluding hydrogens is 251 g/mol. The first-order chi connectivity index (χ1) is 6.35. The Hall–Kier alpha value is -0.520. The molecule has 1 aromatic heterocycles. The molecule has 0 spiro atoms. The summed E-state index contributed by atoms with van der Waals surface area (Å²) in [5.41, 5.74) is 3.71. The van der Waals surface area contributed by atoms with Crippen molar-refractivity contribution in [1.29, 1.82) is 0 Å². The third kappa shape index (κ3) is 2.10. The molecule has 1 atom stereocenters. The summed E-state index contributed by atoms with van der Waals surface area (Å²) in [7, 11) is 0. The number of hydrogen-bond acceptors (Lipinski definition) is 3. The normalized spacial score (nSPS) is 15.6. The third-order valence-corrected chi connectivity index (χ3v) is 2.50. The van der Waals surface area contributed by atoms with Crippen LogP contribution in [0.15, 0.2) is 16.7 Å². The molecule has 5 heteroatoms. The van der Waals surface area contributed by atoms with E-state index in [-0.39, 0.29) is 11.6 Å². The number of aliphatic hydroxyl groups is 1. The maximum Gasteiger partial charge on any atom is 0.161 e. The lowest BCUT2D eigenvalue weighted by atomic mass is 9.96. The fourth-order valence-corrected chi connectivity index (χ4v) is 1.29. The summed E-state index contributed by atoms with van der Waals surface area (Å²) in [5.74, 6) is -0.927. The highest BCUT2D eigenvalue weighted by Gasteiger charge is 2.32. The standard InChI is InChI=1S/C9H12BrFN2O/c1-5(2)9(12,14)8-7(11)3-6(10)4-13-8/h3-5,14H,12H2,1-2H3. The second-order valence-corrected chi connectivity index (χ2v) is 4.38. The van der Waals surface area contributed by atoms with Crippen molar-refractivity contribution >= 4 is 15.9 Å². The van der Waals surface area contributed by atoms with Crippen LogP contribution in [0.25, 0.3) is 0 Å². The van der Waals surface area contributed by atoms with Gasteiger partial charge in [-0.2, -0.15) is 0 Å². The minimum atomic E-state index is -1.73. The van der Waals surface area contributed by atoms with Gasteiger partial charge in [0.15, 0.2) is 5.72 Å². The van der Waals surface area contributed by atoms with E-state index in [1.54, 1.807) is 13.8 Å². The fraction of sp³-hybridized carbons (Fsp3) is 0.444. The lowest BCUT2D eigenvalue weighted by molar-refractivity contribution is -0.0115. The molecule has 78 valence electrons. The number of halogens is 2. The predicted octanol–water partition coefficient (Wildman–Crippen LogP) is 1.74. The Morgan fingerprint density at radius 2 is 2.21 bits per heavy atom. The van der Waals surface area contributed by atoms with Crippen LogP contribution in [0.4, 0.5) is 4.39 Å². The van der Waals surface area contributed by atoms with Crippen molar-refractivity contribution in [2.24, 2.45) is 11.7 Å². The topological polar surface area (TPSA) is 59.1 Å². The molecule has 0 saturated heterocycles. The lowest BCUT2D eigenvalue weighted by Crippen LogP contribution is -2.43. The van der Waals surface area contributed by atoms with Crippen molar-refractivity contribution < 1.29 is 9.50 Å². The van der Waals surface area contributed by atoms with Crippen LogP contribution >= 0.6 is 15.9 Å². The minimum Gasteiger partial charge on any atom is -0.370 e. The maximum absolute atomic E-state index is 13.4. The van der Waals surface area contributed by atoms with Crippen molar-refractivity contribution in [3.8, 4) is 0 Å². The summed E-state index contributed by atoms with van der Waals surface area (Å²) in [6, 6.07) is 1.22. The van der Waals surface area contributed by atoms with Crippen molar-refractivity contribution in [2.75, 3.05) is 0 Å². The van der Waals surface area contributed by atoms with E-state index < -0.39 is 11.5 Å². The molecule has 1 heterocycles. The first-order valence-electron chi connectivity index (χ1n) is 4.18. The highest BCUT2D eigenvalue weighted by molar-refractivity contribution is 9.10. The summed E-state index contributed by atoms with van der Waals surface area (Å²) in [6.07, 6.45) is 1.40. The molecule has 3 N–H and O–H groups in total. The van der Waals surface area contributed by atoms with Crippen LogP contribution in [0.2, 0.25) is 0 Å². The quantitative estimate of drug-likeness (QED) is 0.799. The summed E-state index contributed by atoms with van der Waals surface area (Å²) in [4.78, 5) is 3.77. The molecule has 0 aliphatic carbocycles. The molecule has 0 fully saturated rings. The molecule has 0 amide bonds. The average Bonchev–Trinajstić information content (AvgIpc) is 2.02.